The molecule has 1 aromatic rings. The molecule has 0 spiro atoms. The van der Waals surface area contributed by atoms with Gasteiger partial charge >= 0.3 is 18.2 Å². The number of hydrogen-bond donors (Lipinski definition) is 6. The Labute approximate surface area is 353 Å². The number of allylic oxidation sites excluding steroid dienone is 2. The van der Waals surface area contributed by atoms with Crippen molar-refractivity contribution in [1.82, 2.24) is 26.0 Å². The highest BCUT2D eigenvalue weighted by Gasteiger charge is 2.29. The second-order valence-electron chi connectivity index (χ2n) is 17.1. The number of unbranched alkanes of at least 4 members (excludes halogenated alkanes) is 13. The second kappa shape index (κ2) is 29.7. The lowest BCUT2D eigenvalue weighted by atomic mass is 10.0. The lowest BCUT2D eigenvalue weighted by molar-refractivity contribution is -0.150. The number of amides is 4. The molecule has 4 amide bonds. The molecule has 0 aromatic carbocycles. The average Bonchev–Trinajstić information content (AvgIpc) is 3.45. The highest BCUT2D eigenvalue weighted by Crippen LogP contribution is 2.19. The van der Waals surface area contributed by atoms with Crippen LogP contribution in [0.2, 0.25) is 0 Å². The number of carbonyl (C=O) groups excluding carboxylic acids is 5. The van der Waals surface area contributed by atoms with Crippen LogP contribution in [0, 0.1) is 0 Å². The molecule has 1 aromatic heterocycles. The van der Waals surface area contributed by atoms with E-state index in [1.165, 1.54) is 38.5 Å². The van der Waals surface area contributed by atoms with E-state index in [1.807, 2.05) is 0 Å². The lowest BCUT2D eigenvalue weighted by Crippen LogP contribution is -2.53. The molecule has 1 rings (SSSR count). The molecule has 15 nitrogen and oxygen atoms in total. The van der Waals surface area contributed by atoms with Crippen LogP contribution in [0.5, 0.6) is 11.8 Å². The maximum atomic E-state index is 13.8. The van der Waals surface area contributed by atoms with Crippen LogP contribution in [0.25, 0.3) is 0 Å². The van der Waals surface area contributed by atoms with Crippen LogP contribution in [0.15, 0.2) is 24.3 Å². The average molecular weight is 836 g/mol. The Morgan fingerprint density at radius 2 is 1.08 bits per heavy atom. The van der Waals surface area contributed by atoms with Gasteiger partial charge in [-0.25, -0.2) is 14.4 Å². The van der Waals surface area contributed by atoms with Gasteiger partial charge < -0.3 is 45.8 Å². The first-order valence-corrected chi connectivity index (χ1v) is 21.9. The molecule has 0 radical (unpaired) electrons. The van der Waals surface area contributed by atoms with Gasteiger partial charge in [-0.2, -0.15) is 0 Å². The molecule has 59 heavy (non-hydrogen) atoms. The number of rotatable bonds is 30. The minimum Gasteiger partial charge on any atom is -0.492 e. The van der Waals surface area contributed by atoms with Gasteiger partial charge in [0.05, 0.1) is 0 Å². The van der Waals surface area contributed by atoms with E-state index in [1.54, 1.807) is 41.5 Å². The maximum absolute atomic E-state index is 13.8. The standard InChI is InChI=1S/C44H77N5O10/c1-8-9-10-11-12-13-14-15-16-17-18-19-20-21-22-29-36(50)47-34(27-23-25-32-45-41(55)57-43(2,3)4)39(53)48-35(40(54)59-49-37(51)30-31-38(49)52)28-24-26-33-46-42(56)58-44(5,6)7/h15-16,30-31,34-35,51-52H,8-14,17-29,32-33H2,1-7H3,(H,45,55)(H,46,56)(H,47,50)(H,48,53). The first-order valence-electron chi connectivity index (χ1n) is 21.9. The minimum absolute atomic E-state index is 0.0821. The van der Waals surface area contributed by atoms with Crippen LogP contribution < -0.4 is 26.1 Å². The van der Waals surface area contributed by atoms with E-state index in [2.05, 4.69) is 40.3 Å². The molecule has 6 N–H and O–H groups in total. The summed E-state index contributed by atoms with van der Waals surface area (Å²) in [7, 11) is 0. The van der Waals surface area contributed by atoms with Crippen molar-refractivity contribution in [3.05, 3.63) is 24.3 Å². The van der Waals surface area contributed by atoms with E-state index in [-0.39, 0.29) is 31.7 Å². The number of aromatic hydroxyl groups is 2. The molecule has 0 bridgehead atoms. The maximum Gasteiger partial charge on any atom is 0.407 e. The van der Waals surface area contributed by atoms with Crippen molar-refractivity contribution in [1.29, 1.82) is 0 Å². The quantitative estimate of drug-likeness (QED) is 0.0323. The summed E-state index contributed by atoms with van der Waals surface area (Å²) >= 11 is 0. The summed E-state index contributed by atoms with van der Waals surface area (Å²) < 4.78 is 11.1. The molecule has 0 aliphatic carbocycles. The van der Waals surface area contributed by atoms with Gasteiger partial charge in [0.1, 0.15) is 23.3 Å². The zero-order chi connectivity index (χ0) is 44.1. The third-order valence-corrected chi connectivity index (χ3v) is 9.07. The van der Waals surface area contributed by atoms with E-state index in [0.717, 1.165) is 50.7 Å². The van der Waals surface area contributed by atoms with Crippen LogP contribution in [0.1, 0.15) is 177 Å². The number of hydrogen-bond acceptors (Lipinski definition) is 10. The van der Waals surface area contributed by atoms with E-state index in [4.69, 9.17) is 14.3 Å². The Morgan fingerprint density at radius 3 is 1.58 bits per heavy atom. The molecule has 0 saturated heterocycles. The zero-order valence-electron chi connectivity index (χ0n) is 37.1. The van der Waals surface area contributed by atoms with Gasteiger partial charge in [0, 0.05) is 31.6 Å². The van der Waals surface area contributed by atoms with Gasteiger partial charge in [0.15, 0.2) is 0 Å². The summed E-state index contributed by atoms with van der Waals surface area (Å²) in [6.45, 7) is 13.3. The zero-order valence-corrected chi connectivity index (χ0v) is 37.1. The van der Waals surface area contributed by atoms with Gasteiger partial charge in [-0.3, -0.25) is 9.59 Å². The summed E-state index contributed by atoms with van der Waals surface area (Å²) in [5.41, 5.74) is -1.31. The number of nitrogens with zero attached hydrogens (tertiary/aromatic N) is 1. The summed E-state index contributed by atoms with van der Waals surface area (Å²) in [6, 6.07) is 0.0453. The van der Waals surface area contributed by atoms with Crippen LogP contribution in [-0.4, -0.2) is 81.3 Å². The molecule has 338 valence electrons. The molecule has 2 atom stereocenters. The Balaban J connectivity index is 2.80. The normalized spacial score (nSPS) is 12.7. The van der Waals surface area contributed by atoms with Crippen LogP contribution in [0.4, 0.5) is 9.59 Å². The largest absolute Gasteiger partial charge is 0.492 e. The molecular weight excluding hydrogens is 759 g/mol. The predicted molar refractivity (Wildman–Crippen MR) is 229 cm³/mol. The SMILES string of the molecule is CCCCCCCCC=CCCCCCCCC(=O)NC(CCCCNC(=O)OC(C)(C)C)C(=O)NC(CCCCNC(=O)OC(C)(C)C)C(=O)On1c(O)ccc1O. The second-order valence-corrected chi connectivity index (χ2v) is 17.1. The fourth-order valence-electron chi connectivity index (χ4n) is 6.02. The highest BCUT2D eigenvalue weighted by atomic mass is 16.7. The lowest BCUT2D eigenvalue weighted by Gasteiger charge is -2.23. The number of nitrogens with one attached hydrogen (secondary N) is 4. The molecule has 0 aliphatic heterocycles. The van der Waals surface area contributed by atoms with Crippen molar-refractivity contribution >= 4 is 30.0 Å². The number of alkyl carbamates (subject to hydrolysis) is 2. The van der Waals surface area contributed by atoms with Crippen LogP contribution in [-0.2, 0) is 23.9 Å². The van der Waals surface area contributed by atoms with Crippen molar-refractivity contribution in [2.24, 2.45) is 0 Å². The first kappa shape index (κ1) is 52.6. The van der Waals surface area contributed by atoms with Gasteiger partial charge in [0.25, 0.3) is 0 Å². The third kappa shape index (κ3) is 27.8. The molecule has 0 saturated carbocycles. The smallest absolute Gasteiger partial charge is 0.407 e. The van der Waals surface area contributed by atoms with Gasteiger partial charge in [-0.1, -0.05) is 70.4 Å². The minimum atomic E-state index is -1.23. The molecule has 0 aliphatic rings. The van der Waals surface area contributed by atoms with Crippen molar-refractivity contribution in [3.63, 3.8) is 0 Å². The third-order valence-electron chi connectivity index (χ3n) is 9.07. The Bertz CT molecular complexity index is 1380. The summed E-state index contributed by atoms with van der Waals surface area (Å²) in [4.78, 5) is 69.6. The number of ether oxygens (including phenoxy) is 2. The van der Waals surface area contributed by atoms with E-state index >= 15 is 0 Å². The van der Waals surface area contributed by atoms with Crippen molar-refractivity contribution in [2.75, 3.05) is 13.1 Å². The first-order chi connectivity index (χ1) is 27.9. The molecule has 1 heterocycles. The van der Waals surface area contributed by atoms with E-state index in [0.29, 0.717) is 43.4 Å². The Morgan fingerprint density at radius 1 is 0.627 bits per heavy atom. The summed E-state index contributed by atoms with van der Waals surface area (Å²) in [5.74, 6) is -2.91. The molecule has 0 fully saturated rings. The molecule has 15 heteroatoms. The van der Waals surface area contributed by atoms with Crippen LogP contribution >= 0.6 is 0 Å². The topological polar surface area (TPSA) is 207 Å². The van der Waals surface area contributed by atoms with Gasteiger partial charge in [-0.15, -0.1) is 4.73 Å². The number of carbonyl (C=O) groups is 5. The predicted octanol–water partition coefficient (Wildman–Crippen LogP) is 8.25. The summed E-state index contributed by atoms with van der Waals surface area (Å²) in [5, 5.41) is 31.0. The fourth-order valence-corrected chi connectivity index (χ4v) is 6.02. The fraction of sp³-hybridized carbons (Fsp3) is 0.750. The van der Waals surface area contributed by atoms with Crippen molar-refractivity contribution in [2.45, 2.75) is 200 Å². The monoisotopic (exact) mass is 836 g/mol. The van der Waals surface area contributed by atoms with Crippen LogP contribution in [0.3, 0.4) is 0 Å². The van der Waals surface area contributed by atoms with Gasteiger partial charge in [-0.05, 0) is 112 Å². The summed E-state index contributed by atoms with van der Waals surface area (Å²) in [6.07, 6.45) is 20.5. The Hall–Kier alpha value is -4.43. The Kier molecular flexibility index (Phi) is 26.5. The molecular formula is C44H77N5O10. The van der Waals surface area contributed by atoms with Crippen molar-refractivity contribution in [3.8, 4) is 11.8 Å². The van der Waals surface area contributed by atoms with E-state index in [9.17, 15) is 34.2 Å². The number of aromatic nitrogens is 1. The highest BCUT2D eigenvalue weighted by molar-refractivity contribution is 5.90. The van der Waals surface area contributed by atoms with Gasteiger partial charge in [0.2, 0.25) is 23.6 Å². The van der Waals surface area contributed by atoms with Crippen molar-refractivity contribution < 1.29 is 48.5 Å². The van der Waals surface area contributed by atoms with E-state index < -0.39 is 59.1 Å². The molecule has 2 unspecified atom stereocenters.